The van der Waals surface area contributed by atoms with Crippen LogP contribution in [0.15, 0.2) is 176 Å². The number of nitrogens with zero attached hydrogens (tertiary/aromatic N) is 1. The van der Waals surface area contributed by atoms with Crippen molar-refractivity contribution in [3.63, 3.8) is 0 Å². The molecule has 238 valence electrons. The van der Waals surface area contributed by atoms with E-state index in [-0.39, 0.29) is 11.2 Å². The number of phenols is 1. The highest BCUT2D eigenvalue weighted by Crippen LogP contribution is 2.57. The van der Waals surface area contributed by atoms with Crippen molar-refractivity contribution in [3.8, 4) is 28.0 Å². The predicted octanol–water partition coefficient (Wildman–Crippen LogP) is 12.2. The fourth-order valence-corrected chi connectivity index (χ4v) is 7.58. The number of para-hydroxylation sites is 1. The third-order valence-electron chi connectivity index (χ3n) is 10.0. The standard InChI is InChI=1S/C47H39NO/c1-46(2,3)35-20-22-36(23-21-35)47(37-24-29-41(49)30-25-37)44-17-11-10-16-42(44)43-31-28-40(32-45(43)47)48(38-14-8-5-9-15-38)39-26-18-34(19-27-39)33-12-6-4-7-13-33/h4-32,49H,1-3H3. The summed E-state index contributed by atoms with van der Waals surface area (Å²) in [5.74, 6) is 0.261. The molecule has 1 aliphatic carbocycles. The summed E-state index contributed by atoms with van der Waals surface area (Å²) in [6, 6.07) is 62.7. The molecule has 0 aliphatic heterocycles. The van der Waals surface area contributed by atoms with E-state index in [9.17, 15) is 5.11 Å². The number of hydrogen-bond donors (Lipinski definition) is 1. The molecule has 1 N–H and O–H groups in total. The Bertz CT molecular complexity index is 2230. The molecule has 49 heavy (non-hydrogen) atoms. The van der Waals surface area contributed by atoms with Gasteiger partial charge in [0.2, 0.25) is 0 Å². The normalized spacial score (nSPS) is 15.0. The van der Waals surface area contributed by atoms with E-state index in [4.69, 9.17) is 0 Å². The molecule has 0 aromatic heterocycles. The van der Waals surface area contributed by atoms with Crippen molar-refractivity contribution in [2.45, 2.75) is 31.6 Å². The van der Waals surface area contributed by atoms with Crippen LogP contribution in [0.1, 0.15) is 48.6 Å². The zero-order chi connectivity index (χ0) is 33.6. The summed E-state index contributed by atoms with van der Waals surface area (Å²) in [6.45, 7) is 6.78. The smallest absolute Gasteiger partial charge is 0.115 e. The van der Waals surface area contributed by atoms with Gasteiger partial charge in [-0.15, -0.1) is 0 Å². The number of hydrogen-bond acceptors (Lipinski definition) is 2. The molecule has 0 bridgehead atoms. The van der Waals surface area contributed by atoms with E-state index in [1.54, 1.807) is 0 Å². The lowest BCUT2D eigenvalue weighted by Gasteiger charge is -2.35. The minimum absolute atomic E-state index is 0.0368. The third-order valence-corrected chi connectivity index (χ3v) is 10.0. The molecule has 7 aromatic carbocycles. The lowest BCUT2D eigenvalue weighted by molar-refractivity contribution is 0.475. The van der Waals surface area contributed by atoms with Crippen LogP contribution in [0.5, 0.6) is 5.75 Å². The molecule has 1 atom stereocenters. The summed E-state index contributed by atoms with van der Waals surface area (Å²) in [5, 5.41) is 10.4. The maximum atomic E-state index is 10.4. The van der Waals surface area contributed by atoms with Crippen molar-refractivity contribution in [3.05, 3.63) is 204 Å². The minimum atomic E-state index is -0.592. The van der Waals surface area contributed by atoms with Gasteiger partial charge in [-0.1, -0.05) is 148 Å². The van der Waals surface area contributed by atoms with Crippen LogP contribution < -0.4 is 4.90 Å². The van der Waals surface area contributed by atoms with Crippen LogP contribution >= 0.6 is 0 Å². The van der Waals surface area contributed by atoms with E-state index in [1.807, 2.05) is 12.1 Å². The predicted molar refractivity (Wildman–Crippen MR) is 204 cm³/mol. The number of benzene rings is 7. The Morgan fingerprint density at radius 3 is 1.61 bits per heavy atom. The van der Waals surface area contributed by atoms with Gasteiger partial charge in [-0.3, -0.25) is 0 Å². The second-order valence-corrected chi connectivity index (χ2v) is 14.0. The molecule has 7 aromatic rings. The Labute approximate surface area is 289 Å². The number of anilines is 3. The molecule has 0 fully saturated rings. The Morgan fingerprint density at radius 1 is 0.449 bits per heavy atom. The van der Waals surface area contributed by atoms with Gasteiger partial charge in [-0.05, 0) is 104 Å². The van der Waals surface area contributed by atoms with E-state index in [2.05, 4.69) is 189 Å². The number of fused-ring (bicyclic) bond motifs is 3. The molecule has 8 rings (SSSR count). The fourth-order valence-electron chi connectivity index (χ4n) is 7.58. The molecule has 2 nitrogen and oxygen atoms in total. The summed E-state index contributed by atoms with van der Waals surface area (Å²) in [4.78, 5) is 2.35. The van der Waals surface area contributed by atoms with Crippen molar-refractivity contribution in [1.29, 1.82) is 0 Å². The maximum Gasteiger partial charge on any atom is 0.115 e. The molecule has 1 aliphatic rings. The first-order valence-electron chi connectivity index (χ1n) is 17.0. The third kappa shape index (κ3) is 5.21. The van der Waals surface area contributed by atoms with E-state index in [0.29, 0.717) is 0 Å². The van der Waals surface area contributed by atoms with Crippen LogP contribution in [0.2, 0.25) is 0 Å². The van der Waals surface area contributed by atoms with Gasteiger partial charge in [0.15, 0.2) is 0 Å². The Morgan fingerprint density at radius 2 is 0.959 bits per heavy atom. The zero-order valence-corrected chi connectivity index (χ0v) is 28.1. The molecule has 1 unspecified atom stereocenters. The second-order valence-electron chi connectivity index (χ2n) is 14.0. The van der Waals surface area contributed by atoms with Gasteiger partial charge >= 0.3 is 0 Å². The SMILES string of the molecule is CC(C)(C)c1ccc(C2(c3ccc(O)cc3)c3ccccc3-c3ccc(N(c4ccccc4)c4ccc(-c5ccccc5)cc4)cc32)cc1. The van der Waals surface area contributed by atoms with Crippen LogP contribution in [0.3, 0.4) is 0 Å². The summed E-state index contributed by atoms with van der Waals surface area (Å²) in [6.07, 6.45) is 0. The quantitative estimate of drug-likeness (QED) is 0.197. The van der Waals surface area contributed by atoms with Gasteiger partial charge < -0.3 is 10.0 Å². The zero-order valence-electron chi connectivity index (χ0n) is 28.1. The molecule has 0 saturated carbocycles. The number of phenolic OH excluding ortho intramolecular Hbond substituents is 1. The highest BCUT2D eigenvalue weighted by molar-refractivity contribution is 5.89. The van der Waals surface area contributed by atoms with Crippen LogP contribution in [-0.2, 0) is 10.8 Å². The van der Waals surface area contributed by atoms with Crippen molar-refractivity contribution >= 4 is 17.1 Å². The first-order chi connectivity index (χ1) is 23.8. The molecule has 0 heterocycles. The molecule has 0 amide bonds. The van der Waals surface area contributed by atoms with Gasteiger partial charge in [-0.25, -0.2) is 0 Å². The van der Waals surface area contributed by atoms with Gasteiger partial charge in [0, 0.05) is 17.1 Å². The van der Waals surface area contributed by atoms with Crippen molar-refractivity contribution < 1.29 is 5.11 Å². The van der Waals surface area contributed by atoms with Gasteiger partial charge in [0.25, 0.3) is 0 Å². The summed E-state index contributed by atoms with van der Waals surface area (Å²) in [5.41, 5.74) is 13.6. The summed E-state index contributed by atoms with van der Waals surface area (Å²) < 4.78 is 0. The van der Waals surface area contributed by atoms with Crippen LogP contribution in [0, 0.1) is 0 Å². The largest absolute Gasteiger partial charge is 0.508 e. The molecule has 0 saturated heterocycles. The van der Waals surface area contributed by atoms with Gasteiger partial charge in [0.1, 0.15) is 5.75 Å². The van der Waals surface area contributed by atoms with Crippen molar-refractivity contribution in [2.24, 2.45) is 0 Å². The Hall–Kier alpha value is -5.86. The average molecular weight is 634 g/mol. The summed E-state index contributed by atoms with van der Waals surface area (Å²) in [7, 11) is 0. The van der Waals surface area contributed by atoms with Gasteiger partial charge in [-0.2, -0.15) is 0 Å². The molecule has 2 heteroatoms. The fraction of sp³-hybridized carbons (Fsp3) is 0.106. The van der Waals surface area contributed by atoms with Crippen LogP contribution in [0.4, 0.5) is 17.1 Å². The van der Waals surface area contributed by atoms with E-state index in [1.165, 1.54) is 44.5 Å². The highest BCUT2D eigenvalue weighted by atomic mass is 16.3. The Balaban J connectivity index is 1.37. The van der Waals surface area contributed by atoms with Crippen LogP contribution in [0.25, 0.3) is 22.3 Å². The summed E-state index contributed by atoms with van der Waals surface area (Å²) >= 11 is 0. The topological polar surface area (TPSA) is 23.5 Å². The highest BCUT2D eigenvalue weighted by Gasteiger charge is 2.46. The second kappa shape index (κ2) is 12.0. The van der Waals surface area contributed by atoms with Gasteiger partial charge in [0.05, 0.1) is 5.41 Å². The van der Waals surface area contributed by atoms with E-state index >= 15 is 0 Å². The molecular formula is C47H39NO. The first kappa shape index (κ1) is 30.5. The Kier molecular flexibility index (Phi) is 7.45. The molecule has 0 radical (unpaired) electrons. The van der Waals surface area contributed by atoms with Crippen molar-refractivity contribution in [2.75, 3.05) is 4.90 Å². The monoisotopic (exact) mass is 633 g/mol. The average Bonchev–Trinajstić information content (AvgIpc) is 3.43. The van der Waals surface area contributed by atoms with E-state index in [0.717, 1.165) is 22.6 Å². The first-order valence-corrected chi connectivity index (χ1v) is 17.0. The number of aromatic hydroxyl groups is 1. The number of rotatable bonds is 6. The minimum Gasteiger partial charge on any atom is -0.508 e. The lowest BCUT2D eigenvalue weighted by Crippen LogP contribution is -2.29. The maximum absolute atomic E-state index is 10.4. The molecular weight excluding hydrogens is 595 g/mol. The molecule has 0 spiro atoms. The lowest BCUT2D eigenvalue weighted by atomic mass is 9.67. The van der Waals surface area contributed by atoms with Crippen molar-refractivity contribution in [1.82, 2.24) is 0 Å². The van der Waals surface area contributed by atoms with Crippen LogP contribution in [-0.4, -0.2) is 5.11 Å². The van der Waals surface area contributed by atoms with E-state index < -0.39 is 5.41 Å².